The van der Waals surface area contributed by atoms with Crippen molar-refractivity contribution in [2.24, 2.45) is 11.8 Å². The van der Waals surface area contributed by atoms with E-state index in [4.69, 9.17) is 5.11 Å². The van der Waals surface area contributed by atoms with Crippen LogP contribution < -0.4 is 0 Å². The number of rotatable bonds is 6. The lowest BCUT2D eigenvalue weighted by Gasteiger charge is -2.40. The molecule has 0 aromatic rings. The van der Waals surface area contributed by atoms with Crippen molar-refractivity contribution in [2.45, 2.75) is 57.5 Å². The monoisotopic (exact) mass is 269 g/mol. The molecule has 0 amide bonds. The van der Waals surface area contributed by atoms with Gasteiger partial charge in [0.1, 0.15) is 0 Å². The summed E-state index contributed by atoms with van der Waals surface area (Å²) in [5, 5.41) is 19.6. The zero-order valence-corrected chi connectivity index (χ0v) is 12.0. The summed E-state index contributed by atoms with van der Waals surface area (Å²) >= 11 is 0. The van der Waals surface area contributed by atoms with Gasteiger partial charge in [-0.1, -0.05) is 13.3 Å². The van der Waals surface area contributed by atoms with Crippen molar-refractivity contribution in [3.8, 4) is 0 Å². The Morgan fingerprint density at radius 2 is 1.89 bits per heavy atom. The number of carboxylic acid groups (broad SMARTS) is 1. The number of carbonyl (C=O) groups is 1. The minimum absolute atomic E-state index is 0.248. The number of hydrogen-bond donors (Lipinski definition) is 2. The standard InChI is InChI=1S/C15H27NO3/c1-2-16(10-12-4-3-5-12)11-15(19)8-6-13(7-9-15)14(17)18/h12-13,19H,2-11H2,1H3,(H,17,18). The molecule has 0 atom stereocenters. The van der Waals surface area contributed by atoms with Crippen molar-refractivity contribution in [1.82, 2.24) is 4.90 Å². The molecule has 4 heteroatoms. The minimum atomic E-state index is -0.705. The lowest BCUT2D eigenvalue weighted by atomic mass is 9.78. The molecule has 0 bridgehead atoms. The van der Waals surface area contributed by atoms with E-state index < -0.39 is 11.6 Å². The minimum Gasteiger partial charge on any atom is -0.481 e. The second-order valence-electron chi connectivity index (χ2n) is 6.46. The van der Waals surface area contributed by atoms with Crippen LogP contribution >= 0.6 is 0 Å². The van der Waals surface area contributed by atoms with E-state index in [1.807, 2.05) is 0 Å². The number of nitrogens with zero attached hydrogens (tertiary/aromatic N) is 1. The van der Waals surface area contributed by atoms with Gasteiger partial charge in [0, 0.05) is 13.1 Å². The molecular formula is C15H27NO3. The van der Waals surface area contributed by atoms with Crippen LogP contribution in [0.4, 0.5) is 0 Å². The fourth-order valence-corrected chi connectivity index (χ4v) is 3.32. The van der Waals surface area contributed by atoms with Crippen molar-refractivity contribution in [3.05, 3.63) is 0 Å². The summed E-state index contributed by atoms with van der Waals surface area (Å²) < 4.78 is 0. The molecule has 0 unspecified atom stereocenters. The molecular weight excluding hydrogens is 242 g/mol. The van der Waals surface area contributed by atoms with Crippen molar-refractivity contribution in [1.29, 1.82) is 0 Å². The van der Waals surface area contributed by atoms with E-state index in [0.29, 0.717) is 32.2 Å². The zero-order chi connectivity index (χ0) is 13.9. The molecule has 110 valence electrons. The summed E-state index contributed by atoms with van der Waals surface area (Å²) in [5.41, 5.74) is -0.661. The van der Waals surface area contributed by atoms with E-state index in [0.717, 1.165) is 19.0 Å². The normalized spacial score (nSPS) is 32.3. The fourth-order valence-electron chi connectivity index (χ4n) is 3.32. The van der Waals surface area contributed by atoms with Crippen LogP contribution in [0.3, 0.4) is 0 Å². The van der Waals surface area contributed by atoms with Crippen molar-refractivity contribution in [3.63, 3.8) is 0 Å². The van der Waals surface area contributed by atoms with Gasteiger partial charge in [0.25, 0.3) is 0 Å². The van der Waals surface area contributed by atoms with Crippen molar-refractivity contribution in [2.75, 3.05) is 19.6 Å². The van der Waals surface area contributed by atoms with Gasteiger partial charge in [0.2, 0.25) is 0 Å². The average molecular weight is 269 g/mol. The molecule has 2 N–H and O–H groups in total. The Labute approximate surface area is 115 Å². The first kappa shape index (κ1) is 14.8. The molecule has 0 aromatic carbocycles. The first-order valence-electron chi connectivity index (χ1n) is 7.70. The summed E-state index contributed by atoms with van der Waals surface area (Å²) in [5.74, 6) is -0.134. The molecule has 0 saturated heterocycles. The third-order valence-electron chi connectivity index (χ3n) is 4.97. The number of carboxylic acids is 1. The van der Waals surface area contributed by atoms with Crippen molar-refractivity contribution >= 4 is 5.97 Å². The van der Waals surface area contributed by atoms with E-state index in [9.17, 15) is 9.90 Å². The summed E-state index contributed by atoms with van der Waals surface area (Å²) in [7, 11) is 0. The van der Waals surface area contributed by atoms with Crippen LogP contribution in [0.25, 0.3) is 0 Å². The zero-order valence-electron chi connectivity index (χ0n) is 12.0. The highest BCUT2D eigenvalue weighted by Gasteiger charge is 2.37. The van der Waals surface area contributed by atoms with E-state index >= 15 is 0 Å². The largest absolute Gasteiger partial charge is 0.481 e. The molecule has 0 heterocycles. The van der Waals surface area contributed by atoms with Gasteiger partial charge in [-0.05, 0) is 51.0 Å². The molecule has 19 heavy (non-hydrogen) atoms. The van der Waals surface area contributed by atoms with Gasteiger partial charge in [-0.25, -0.2) is 0 Å². The molecule has 2 fully saturated rings. The lowest BCUT2D eigenvalue weighted by molar-refractivity contribution is -0.145. The Morgan fingerprint density at radius 1 is 1.26 bits per heavy atom. The lowest BCUT2D eigenvalue weighted by Crippen LogP contribution is -2.47. The maximum absolute atomic E-state index is 10.9. The van der Waals surface area contributed by atoms with Crippen LogP contribution in [0.15, 0.2) is 0 Å². The second-order valence-corrected chi connectivity index (χ2v) is 6.46. The van der Waals surface area contributed by atoms with Crippen LogP contribution in [0, 0.1) is 11.8 Å². The third-order valence-corrected chi connectivity index (χ3v) is 4.97. The van der Waals surface area contributed by atoms with Crippen molar-refractivity contribution < 1.29 is 15.0 Å². The van der Waals surface area contributed by atoms with Gasteiger partial charge in [-0.2, -0.15) is 0 Å². The Morgan fingerprint density at radius 3 is 2.32 bits per heavy atom. The number of hydrogen-bond acceptors (Lipinski definition) is 3. The Bertz CT molecular complexity index is 307. The Balaban J connectivity index is 1.81. The van der Waals surface area contributed by atoms with Gasteiger partial charge in [0.05, 0.1) is 11.5 Å². The number of likely N-dealkylation sites (N-methyl/N-ethyl adjacent to an activating group) is 1. The first-order valence-corrected chi connectivity index (χ1v) is 7.70. The van der Waals surface area contributed by atoms with E-state index in [1.54, 1.807) is 0 Å². The summed E-state index contributed by atoms with van der Waals surface area (Å²) in [6, 6.07) is 0. The second kappa shape index (κ2) is 6.23. The summed E-state index contributed by atoms with van der Waals surface area (Å²) in [6.07, 6.45) is 6.51. The van der Waals surface area contributed by atoms with Gasteiger partial charge in [-0.15, -0.1) is 0 Å². The Hall–Kier alpha value is -0.610. The van der Waals surface area contributed by atoms with Crippen LogP contribution in [0.2, 0.25) is 0 Å². The summed E-state index contributed by atoms with van der Waals surface area (Å²) in [4.78, 5) is 13.3. The molecule has 0 aromatic heterocycles. The molecule has 2 aliphatic rings. The highest BCUT2D eigenvalue weighted by Crippen LogP contribution is 2.34. The average Bonchev–Trinajstić information content (AvgIpc) is 2.32. The maximum atomic E-state index is 10.9. The van der Waals surface area contributed by atoms with Crippen LogP contribution in [-0.2, 0) is 4.79 Å². The smallest absolute Gasteiger partial charge is 0.306 e. The molecule has 0 radical (unpaired) electrons. The van der Waals surface area contributed by atoms with Crippen LogP contribution in [-0.4, -0.2) is 46.3 Å². The van der Waals surface area contributed by atoms with E-state index in [1.165, 1.54) is 19.3 Å². The van der Waals surface area contributed by atoms with Crippen LogP contribution in [0.1, 0.15) is 51.9 Å². The van der Waals surface area contributed by atoms with E-state index in [-0.39, 0.29) is 5.92 Å². The molecule has 2 aliphatic carbocycles. The predicted octanol–water partition coefficient (Wildman–Crippen LogP) is 2.11. The topological polar surface area (TPSA) is 60.8 Å². The molecule has 2 rings (SSSR count). The van der Waals surface area contributed by atoms with Gasteiger partial charge in [-0.3, -0.25) is 4.79 Å². The predicted molar refractivity (Wildman–Crippen MR) is 74.0 cm³/mol. The highest BCUT2D eigenvalue weighted by atomic mass is 16.4. The van der Waals surface area contributed by atoms with Crippen LogP contribution in [0.5, 0.6) is 0 Å². The first-order chi connectivity index (χ1) is 9.02. The molecule has 0 spiro atoms. The van der Waals surface area contributed by atoms with E-state index in [2.05, 4.69) is 11.8 Å². The SMILES string of the molecule is CCN(CC1CCC1)CC1(O)CCC(C(=O)O)CC1. The summed E-state index contributed by atoms with van der Waals surface area (Å²) in [6.45, 7) is 4.93. The third kappa shape index (κ3) is 3.93. The molecule has 4 nitrogen and oxygen atoms in total. The Kier molecular flexibility index (Phi) is 4.85. The van der Waals surface area contributed by atoms with Gasteiger partial charge >= 0.3 is 5.97 Å². The molecule has 2 saturated carbocycles. The molecule has 0 aliphatic heterocycles. The fraction of sp³-hybridized carbons (Fsp3) is 0.933. The van der Waals surface area contributed by atoms with Gasteiger partial charge < -0.3 is 15.1 Å². The number of aliphatic carboxylic acids is 1. The number of aliphatic hydroxyl groups is 1. The highest BCUT2D eigenvalue weighted by molar-refractivity contribution is 5.70. The quantitative estimate of drug-likeness (QED) is 0.775. The maximum Gasteiger partial charge on any atom is 0.306 e. The van der Waals surface area contributed by atoms with Gasteiger partial charge in [0.15, 0.2) is 0 Å².